The Morgan fingerprint density at radius 3 is 2.81 bits per heavy atom. The van der Waals surface area contributed by atoms with Crippen molar-refractivity contribution in [2.45, 2.75) is 12.8 Å². The second kappa shape index (κ2) is 4.40. The van der Waals surface area contributed by atoms with Gasteiger partial charge in [-0.25, -0.2) is 9.89 Å². The van der Waals surface area contributed by atoms with Gasteiger partial charge < -0.3 is 5.73 Å². The van der Waals surface area contributed by atoms with E-state index in [1.807, 2.05) is 12.1 Å². The van der Waals surface area contributed by atoms with E-state index in [1.165, 1.54) is 0 Å². The van der Waals surface area contributed by atoms with E-state index in [1.54, 1.807) is 6.07 Å². The summed E-state index contributed by atoms with van der Waals surface area (Å²) in [7, 11) is 0. The van der Waals surface area contributed by atoms with Crippen molar-refractivity contribution in [3.8, 4) is 0 Å². The number of anilines is 1. The van der Waals surface area contributed by atoms with E-state index in [-0.39, 0.29) is 5.69 Å². The lowest BCUT2D eigenvalue weighted by Gasteiger charge is -2.02. The highest BCUT2D eigenvalue weighted by Crippen LogP contribution is 2.19. The van der Waals surface area contributed by atoms with Gasteiger partial charge in [0.25, 0.3) is 0 Å². The minimum Gasteiger partial charge on any atom is -0.398 e. The summed E-state index contributed by atoms with van der Waals surface area (Å²) in [5.74, 6) is 0.638. The largest absolute Gasteiger partial charge is 0.398 e. The summed E-state index contributed by atoms with van der Waals surface area (Å²) >= 11 is 5.81. The van der Waals surface area contributed by atoms with Gasteiger partial charge in [-0.1, -0.05) is 17.7 Å². The molecule has 2 rings (SSSR count). The second-order valence-electron chi connectivity index (χ2n) is 3.48. The zero-order valence-electron chi connectivity index (χ0n) is 8.46. The van der Waals surface area contributed by atoms with Crippen molar-refractivity contribution in [1.82, 2.24) is 15.2 Å². The molecular formula is C10H11ClN4O. The highest BCUT2D eigenvalue weighted by Gasteiger charge is 2.01. The number of aromatic amines is 2. The maximum absolute atomic E-state index is 10.8. The van der Waals surface area contributed by atoms with E-state index in [4.69, 9.17) is 17.3 Å². The van der Waals surface area contributed by atoms with Gasteiger partial charge in [0.2, 0.25) is 0 Å². The van der Waals surface area contributed by atoms with Crippen LogP contribution in [0.1, 0.15) is 11.4 Å². The molecule has 0 unspecified atom stereocenters. The maximum atomic E-state index is 10.8. The van der Waals surface area contributed by atoms with Crippen LogP contribution in [0.2, 0.25) is 5.02 Å². The lowest BCUT2D eigenvalue weighted by atomic mass is 10.1. The summed E-state index contributed by atoms with van der Waals surface area (Å²) in [6.07, 6.45) is 1.40. The fourth-order valence-electron chi connectivity index (χ4n) is 1.44. The standard InChI is InChI=1S/C10H11ClN4O/c11-7-3-1-6(5-8(7)12)2-4-9-13-10(16)15-14-9/h1,3,5H,2,4,12H2,(H2,13,14,15,16). The number of nitrogens with one attached hydrogen (secondary N) is 2. The lowest BCUT2D eigenvalue weighted by Crippen LogP contribution is -2.01. The Kier molecular flexibility index (Phi) is 2.96. The average Bonchev–Trinajstić information content (AvgIpc) is 2.66. The summed E-state index contributed by atoms with van der Waals surface area (Å²) in [4.78, 5) is 13.4. The van der Waals surface area contributed by atoms with Crippen LogP contribution in [-0.2, 0) is 12.8 Å². The number of nitrogen functional groups attached to an aromatic ring is 1. The number of nitrogens with two attached hydrogens (primary N) is 1. The first kappa shape index (κ1) is 10.8. The van der Waals surface area contributed by atoms with Gasteiger partial charge in [0.05, 0.1) is 10.7 Å². The first-order valence-corrected chi connectivity index (χ1v) is 5.20. The molecule has 0 aliphatic rings. The van der Waals surface area contributed by atoms with Crippen LogP contribution in [-0.4, -0.2) is 15.2 Å². The molecule has 0 saturated carbocycles. The molecule has 16 heavy (non-hydrogen) atoms. The molecule has 1 heterocycles. The summed E-state index contributed by atoms with van der Waals surface area (Å²) in [5.41, 5.74) is 7.02. The monoisotopic (exact) mass is 238 g/mol. The Bertz CT molecular complexity index is 546. The van der Waals surface area contributed by atoms with Gasteiger partial charge in [0, 0.05) is 6.42 Å². The van der Waals surface area contributed by atoms with Crippen LogP contribution in [0.5, 0.6) is 0 Å². The van der Waals surface area contributed by atoms with E-state index in [0.717, 1.165) is 12.0 Å². The quantitative estimate of drug-likeness (QED) is 0.701. The third-order valence-electron chi connectivity index (χ3n) is 2.26. The molecule has 2 aromatic rings. The van der Waals surface area contributed by atoms with E-state index in [0.29, 0.717) is 23.0 Å². The van der Waals surface area contributed by atoms with Gasteiger partial charge >= 0.3 is 5.69 Å². The van der Waals surface area contributed by atoms with Crippen molar-refractivity contribution in [1.29, 1.82) is 0 Å². The molecule has 0 fully saturated rings. The smallest absolute Gasteiger partial charge is 0.340 e. The lowest BCUT2D eigenvalue weighted by molar-refractivity contribution is 0.865. The molecule has 0 atom stereocenters. The Hall–Kier alpha value is -1.75. The number of hydrogen-bond acceptors (Lipinski definition) is 3. The van der Waals surface area contributed by atoms with Crippen molar-refractivity contribution in [3.05, 3.63) is 45.1 Å². The maximum Gasteiger partial charge on any atom is 0.340 e. The number of hydrogen-bond donors (Lipinski definition) is 3. The van der Waals surface area contributed by atoms with Gasteiger partial charge in [0.15, 0.2) is 0 Å². The molecule has 0 aliphatic carbocycles. The Morgan fingerprint density at radius 2 is 2.19 bits per heavy atom. The van der Waals surface area contributed by atoms with E-state index >= 15 is 0 Å². The number of halogens is 1. The van der Waals surface area contributed by atoms with Gasteiger partial charge in [0.1, 0.15) is 5.82 Å². The van der Waals surface area contributed by atoms with Crippen molar-refractivity contribution in [3.63, 3.8) is 0 Å². The molecule has 0 saturated heterocycles. The van der Waals surface area contributed by atoms with Gasteiger partial charge in [-0.2, -0.15) is 5.10 Å². The summed E-state index contributed by atoms with van der Waals surface area (Å²) in [6, 6.07) is 5.50. The minimum atomic E-state index is -0.286. The minimum absolute atomic E-state index is 0.286. The molecular weight excluding hydrogens is 228 g/mol. The molecule has 0 bridgehead atoms. The molecule has 6 heteroatoms. The Morgan fingerprint density at radius 1 is 1.38 bits per heavy atom. The number of benzene rings is 1. The molecule has 4 N–H and O–H groups in total. The van der Waals surface area contributed by atoms with Crippen LogP contribution in [0, 0.1) is 0 Å². The van der Waals surface area contributed by atoms with Gasteiger partial charge in [-0.3, -0.25) is 4.98 Å². The van der Waals surface area contributed by atoms with Crippen LogP contribution in [0.25, 0.3) is 0 Å². The molecule has 1 aromatic carbocycles. The molecule has 0 spiro atoms. The summed E-state index contributed by atoms with van der Waals surface area (Å²) in [5, 5.41) is 6.69. The molecule has 0 amide bonds. The number of H-pyrrole nitrogens is 2. The number of aryl methyl sites for hydroxylation is 2. The fraction of sp³-hybridized carbons (Fsp3) is 0.200. The average molecular weight is 239 g/mol. The van der Waals surface area contributed by atoms with Gasteiger partial charge in [-0.05, 0) is 24.1 Å². The van der Waals surface area contributed by atoms with Crippen LogP contribution in [0.15, 0.2) is 23.0 Å². The molecule has 84 valence electrons. The summed E-state index contributed by atoms with van der Waals surface area (Å²) < 4.78 is 0. The van der Waals surface area contributed by atoms with E-state index in [2.05, 4.69) is 15.2 Å². The Balaban J connectivity index is 2.04. The van der Waals surface area contributed by atoms with Gasteiger partial charge in [-0.15, -0.1) is 0 Å². The van der Waals surface area contributed by atoms with Crippen molar-refractivity contribution in [2.24, 2.45) is 0 Å². The van der Waals surface area contributed by atoms with Crippen molar-refractivity contribution in [2.75, 3.05) is 5.73 Å². The zero-order chi connectivity index (χ0) is 11.5. The molecule has 5 nitrogen and oxygen atoms in total. The van der Waals surface area contributed by atoms with E-state index < -0.39 is 0 Å². The van der Waals surface area contributed by atoms with E-state index in [9.17, 15) is 4.79 Å². The second-order valence-corrected chi connectivity index (χ2v) is 3.89. The van der Waals surface area contributed by atoms with Crippen LogP contribution in [0.4, 0.5) is 5.69 Å². The predicted octanol–water partition coefficient (Wildman–Crippen LogP) is 1.12. The molecule has 1 aromatic heterocycles. The molecule has 0 radical (unpaired) electrons. The zero-order valence-corrected chi connectivity index (χ0v) is 9.21. The van der Waals surface area contributed by atoms with Crippen molar-refractivity contribution < 1.29 is 0 Å². The summed E-state index contributed by atoms with van der Waals surface area (Å²) in [6.45, 7) is 0. The predicted molar refractivity (Wildman–Crippen MR) is 62.5 cm³/mol. The third kappa shape index (κ3) is 2.43. The van der Waals surface area contributed by atoms with Crippen LogP contribution >= 0.6 is 11.6 Å². The molecule has 0 aliphatic heterocycles. The first-order chi connectivity index (χ1) is 7.65. The third-order valence-corrected chi connectivity index (χ3v) is 2.61. The number of rotatable bonds is 3. The first-order valence-electron chi connectivity index (χ1n) is 4.82. The SMILES string of the molecule is Nc1cc(CCc2n[nH]c(=O)[nH]2)ccc1Cl. The Labute approximate surface area is 96.6 Å². The number of aromatic nitrogens is 3. The highest BCUT2D eigenvalue weighted by molar-refractivity contribution is 6.33. The van der Waals surface area contributed by atoms with Crippen molar-refractivity contribution >= 4 is 17.3 Å². The topological polar surface area (TPSA) is 87.6 Å². The normalized spacial score (nSPS) is 10.6. The highest BCUT2D eigenvalue weighted by atomic mass is 35.5. The fourth-order valence-corrected chi connectivity index (χ4v) is 1.55. The van der Waals surface area contributed by atoms with Crippen LogP contribution in [0.3, 0.4) is 0 Å². The van der Waals surface area contributed by atoms with Crippen LogP contribution < -0.4 is 11.4 Å². The number of nitrogens with zero attached hydrogens (tertiary/aromatic N) is 1.